The minimum atomic E-state index is -4.48. The Morgan fingerprint density at radius 3 is 2.69 bits per heavy atom. The molecule has 0 saturated carbocycles. The van der Waals surface area contributed by atoms with Crippen LogP contribution in [0.2, 0.25) is 0 Å². The van der Waals surface area contributed by atoms with Gasteiger partial charge in [0.2, 0.25) is 11.8 Å². The highest BCUT2D eigenvalue weighted by Gasteiger charge is 2.34. The Balaban J connectivity index is 1.69. The summed E-state index contributed by atoms with van der Waals surface area (Å²) < 4.78 is 39.1. The number of hydrogen-bond acceptors (Lipinski definition) is 3. The molecule has 136 valence electrons. The SMILES string of the molecule is O=C(C[C@H]1Sc2ccc(C(F)(F)F)cc2NC1=O)Nc1cccc(Br)c1. The van der Waals surface area contributed by atoms with Crippen molar-refractivity contribution in [2.24, 2.45) is 0 Å². The standard InChI is InChI=1S/C17H12BrF3N2O2S/c18-10-2-1-3-11(7-10)22-15(24)8-14-16(25)23-12-6-9(17(19,20)21)4-5-13(12)26-14/h1-7,14H,8H2,(H,22,24)(H,23,25)/t14-/m1/s1. The van der Waals surface area contributed by atoms with Crippen molar-refractivity contribution in [2.45, 2.75) is 22.7 Å². The maximum atomic E-state index is 12.8. The van der Waals surface area contributed by atoms with Gasteiger partial charge in [-0.1, -0.05) is 22.0 Å². The molecule has 0 unspecified atom stereocenters. The Morgan fingerprint density at radius 1 is 1.23 bits per heavy atom. The van der Waals surface area contributed by atoms with E-state index >= 15 is 0 Å². The average molecular weight is 445 g/mol. The molecule has 9 heteroatoms. The zero-order valence-electron chi connectivity index (χ0n) is 13.1. The van der Waals surface area contributed by atoms with Gasteiger partial charge >= 0.3 is 6.18 Å². The van der Waals surface area contributed by atoms with E-state index in [2.05, 4.69) is 26.6 Å². The van der Waals surface area contributed by atoms with Crippen LogP contribution in [0.1, 0.15) is 12.0 Å². The fourth-order valence-electron chi connectivity index (χ4n) is 2.41. The molecule has 0 bridgehead atoms. The predicted octanol–water partition coefficient (Wildman–Crippen LogP) is 4.91. The summed E-state index contributed by atoms with van der Waals surface area (Å²) in [7, 11) is 0. The van der Waals surface area contributed by atoms with Gasteiger partial charge in [0, 0.05) is 21.5 Å². The number of amides is 2. The number of anilines is 2. The summed E-state index contributed by atoms with van der Waals surface area (Å²) in [4.78, 5) is 24.8. The van der Waals surface area contributed by atoms with Crippen LogP contribution < -0.4 is 10.6 Å². The fourth-order valence-corrected chi connectivity index (χ4v) is 3.90. The first-order valence-electron chi connectivity index (χ1n) is 7.46. The summed E-state index contributed by atoms with van der Waals surface area (Å²) in [5, 5.41) is 4.43. The van der Waals surface area contributed by atoms with Crippen molar-refractivity contribution in [3.05, 3.63) is 52.5 Å². The first-order chi connectivity index (χ1) is 12.2. The molecule has 0 saturated heterocycles. The molecule has 0 radical (unpaired) electrons. The average Bonchev–Trinajstić information content (AvgIpc) is 2.54. The number of alkyl halides is 3. The van der Waals surface area contributed by atoms with E-state index in [1.54, 1.807) is 18.2 Å². The van der Waals surface area contributed by atoms with Gasteiger partial charge < -0.3 is 10.6 Å². The van der Waals surface area contributed by atoms with Gasteiger partial charge in [-0.05, 0) is 36.4 Å². The molecule has 26 heavy (non-hydrogen) atoms. The Hall–Kier alpha value is -2.00. The largest absolute Gasteiger partial charge is 0.416 e. The van der Waals surface area contributed by atoms with Gasteiger partial charge in [-0.15, -0.1) is 11.8 Å². The van der Waals surface area contributed by atoms with Gasteiger partial charge in [0.15, 0.2) is 0 Å². The Bertz CT molecular complexity index is 873. The number of nitrogens with one attached hydrogen (secondary N) is 2. The molecular weight excluding hydrogens is 433 g/mol. The number of halogens is 4. The molecule has 1 aliphatic heterocycles. The van der Waals surface area contributed by atoms with E-state index in [1.165, 1.54) is 6.07 Å². The van der Waals surface area contributed by atoms with Crippen molar-refractivity contribution in [1.29, 1.82) is 0 Å². The second-order valence-electron chi connectivity index (χ2n) is 5.57. The number of thioether (sulfide) groups is 1. The van der Waals surface area contributed by atoms with Gasteiger partial charge in [-0.2, -0.15) is 13.2 Å². The van der Waals surface area contributed by atoms with E-state index in [0.29, 0.717) is 10.6 Å². The van der Waals surface area contributed by atoms with Crippen molar-refractivity contribution in [1.82, 2.24) is 0 Å². The zero-order valence-corrected chi connectivity index (χ0v) is 15.5. The maximum absolute atomic E-state index is 12.8. The Kier molecular flexibility index (Phi) is 5.29. The Labute approximate surface area is 159 Å². The molecule has 0 aliphatic carbocycles. The number of carbonyl (C=O) groups is 2. The highest BCUT2D eigenvalue weighted by molar-refractivity contribution is 9.10. The van der Waals surface area contributed by atoms with Gasteiger partial charge in [0.05, 0.1) is 16.5 Å². The molecule has 4 nitrogen and oxygen atoms in total. The summed E-state index contributed by atoms with van der Waals surface area (Å²) in [5.74, 6) is -0.850. The molecule has 3 rings (SSSR count). The lowest BCUT2D eigenvalue weighted by Gasteiger charge is -2.24. The maximum Gasteiger partial charge on any atom is 0.416 e. The third-order valence-electron chi connectivity index (χ3n) is 3.61. The van der Waals surface area contributed by atoms with E-state index in [-0.39, 0.29) is 18.0 Å². The van der Waals surface area contributed by atoms with E-state index in [1.807, 2.05) is 6.07 Å². The molecule has 1 aliphatic rings. The van der Waals surface area contributed by atoms with Crippen molar-refractivity contribution < 1.29 is 22.8 Å². The van der Waals surface area contributed by atoms with Gasteiger partial charge in [-0.3, -0.25) is 9.59 Å². The van der Waals surface area contributed by atoms with E-state index in [9.17, 15) is 22.8 Å². The van der Waals surface area contributed by atoms with E-state index < -0.39 is 22.9 Å². The van der Waals surface area contributed by atoms with Crippen LogP contribution >= 0.6 is 27.7 Å². The van der Waals surface area contributed by atoms with Crippen LogP contribution in [0.3, 0.4) is 0 Å². The molecule has 1 heterocycles. The molecule has 0 fully saturated rings. The minimum Gasteiger partial charge on any atom is -0.326 e. The van der Waals surface area contributed by atoms with Gasteiger partial charge in [0.1, 0.15) is 0 Å². The van der Waals surface area contributed by atoms with Crippen molar-refractivity contribution in [2.75, 3.05) is 10.6 Å². The van der Waals surface area contributed by atoms with Crippen molar-refractivity contribution in [3.63, 3.8) is 0 Å². The van der Waals surface area contributed by atoms with Crippen LogP contribution in [0.15, 0.2) is 51.8 Å². The van der Waals surface area contributed by atoms with Crippen molar-refractivity contribution in [3.8, 4) is 0 Å². The summed E-state index contributed by atoms with van der Waals surface area (Å²) >= 11 is 4.38. The van der Waals surface area contributed by atoms with Crippen LogP contribution in [-0.2, 0) is 15.8 Å². The quantitative estimate of drug-likeness (QED) is 0.706. The molecule has 2 aromatic rings. The molecule has 2 N–H and O–H groups in total. The third-order valence-corrected chi connectivity index (χ3v) is 5.37. The number of carbonyl (C=O) groups excluding carboxylic acids is 2. The lowest BCUT2D eigenvalue weighted by molar-refractivity contribution is -0.137. The Morgan fingerprint density at radius 2 is 2.00 bits per heavy atom. The van der Waals surface area contributed by atoms with Gasteiger partial charge in [0.25, 0.3) is 0 Å². The lowest BCUT2D eigenvalue weighted by atomic mass is 10.1. The van der Waals surface area contributed by atoms with Crippen LogP contribution in [0.4, 0.5) is 24.5 Å². The monoisotopic (exact) mass is 444 g/mol. The van der Waals surface area contributed by atoms with E-state index in [0.717, 1.165) is 28.4 Å². The topological polar surface area (TPSA) is 58.2 Å². The first kappa shape index (κ1) is 18.8. The first-order valence-corrected chi connectivity index (χ1v) is 9.14. The normalized spacial score (nSPS) is 16.6. The summed E-state index contributed by atoms with van der Waals surface area (Å²) in [6, 6.07) is 10.2. The molecule has 0 spiro atoms. The number of rotatable bonds is 3. The number of hydrogen-bond donors (Lipinski definition) is 2. The molecular formula is C17H12BrF3N2O2S. The molecule has 2 amide bonds. The smallest absolute Gasteiger partial charge is 0.326 e. The third kappa shape index (κ3) is 4.39. The number of benzene rings is 2. The van der Waals surface area contributed by atoms with Crippen molar-refractivity contribution >= 4 is 50.9 Å². The van der Waals surface area contributed by atoms with Crippen LogP contribution in [0.5, 0.6) is 0 Å². The van der Waals surface area contributed by atoms with Crippen LogP contribution in [0, 0.1) is 0 Å². The fraction of sp³-hybridized carbons (Fsp3) is 0.176. The van der Waals surface area contributed by atoms with Gasteiger partial charge in [-0.25, -0.2) is 0 Å². The summed E-state index contributed by atoms with van der Waals surface area (Å²) in [6.07, 6.45) is -4.57. The molecule has 2 aromatic carbocycles. The zero-order chi connectivity index (χ0) is 18.9. The second kappa shape index (κ2) is 7.32. The highest BCUT2D eigenvalue weighted by Crippen LogP contribution is 2.40. The van der Waals surface area contributed by atoms with Crippen LogP contribution in [-0.4, -0.2) is 17.1 Å². The van der Waals surface area contributed by atoms with Crippen LogP contribution in [0.25, 0.3) is 0 Å². The molecule has 1 atom stereocenters. The molecule has 0 aromatic heterocycles. The minimum absolute atomic E-state index is 0.0938. The second-order valence-corrected chi connectivity index (χ2v) is 7.73. The lowest BCUT2D eigenvalue weighted by Crippen LogP contribution is -2.32. The summed E-state index contributed by atoms with van der Waals surface area (Å²) in [5.41, 5.74) is -0.137. The summed E-state index contributed by atoms with van der Waals surface area (Å²) in [6.45, 7) is 0. The van der Waals surface area contributed by atoms with E-state index in [4.69, 9.17) is 0 Å². The predicted molar refractivity (Wildman–Crippen MR) is 97.1 cm³/mol. The highest BCUT2D eigenvalue weighted by atomic mass is 79.9. The number of fused-ring (bicyclic) bond motifs is 1.